The van der Waals surface area contributed by atoms with Gasteiger partial charge in [0.1, 0.15) is 0 Å². The number of sulfonamides is 1. The van der Waals surface area contributed by atoms with Crippen LogP contribution >= 0.6 is 0 Å². The molecular formula is C14H21N3O5S. The highest BCUT2D eigenvalue weighted by Crippen LogP contribution is 2.33. The third kappa shape index (κ3) is 3.37. The first kappa shape index (κ1) is 17.8. The first-order valence-corrected chi connectivity index (χ1v) is 8.75. The summed E-state index contributed by atoms with van der Waals surface area (Å²) in [4.78, 5) is 10.3. The maximum absolute atomic E-state index is 13.0. The molecule has 1 aliphatic rings. The Morgan fingerprint density at radius 2 is 2.17 bits per heavy atom. The highest BCUT2D eigenvalue weighted by molar-refractivity contribution is 7.89. The minimum absolute atomic E-state index is 0.0538. The average molecular weight is 343 g/mol. The summed E-state index contributed by atoms with van der Waals surface area (Å²) >= 11 is 0. The van der Waals surface area contributed by atoms with Crippen LogP contribution in [-0.4, -0.2) is 50.0 Å². The van der Waals surface area contributed by atoms with Crippen molar-refractivity contribution in [2.24, 2.45) is 5.73 Å². The second kappa shape index (κ2) is 6.91. The van der Waals surface area contributed by atoms with E-state index in [0.717, 1.165) is 0 Å². The Hall–Kier alpha value is -1.55. The molecular weight excluding hydrogens is 322 g/mol. The van der Waals surface area contributed by atoms with Crippen molar-refractivity contribution in [3.8, 4) is 0 Å². The summed E-state index contributed by atoms with van der Waals surface area (Å²) in [6, 6.07) is 3.81. The van der Waals surface area contributed by atoms with E-state index in [0.29, 0.717) is 18.4 Å². The Kier molecular flexibility index (Phi) is 5.35. The van der Waals surface area contributed by atoms with Crippen LogP contribution in [0, 0.1) is 17.0 Å². The maximum Gasteiger partial charge on any atom is 0.289 e. The summed E-state index contributed by atoms with van der Waals surface area (Å²) in [7, 11) is -2.43. The van der Waals surface area contributed by atoms with Gasteiger partial charge >= 0.3 is 0 Å². The molecule has 128 valence electrons. The molecule has 0 bridgehead atoms. The highest BCUT2D eigenvalue weighted by atomic mass is 32.2. The summed E-state index contributed by atoms with van der Waals surface area (Å²) < 4.78 is 32.6. The number of nitrogens with zero attached hydrogens (tertiary/aromatic N) is 2. The second-order valence-corrected chi connectivity index (χ2v) is 7.40. The fourth-order valence-corrected chi connectivity index (χ4v) is 5.00. The number of ether oxygens (including phenoxy) is 1. The Labute approximate surface area is 135 Å². The first-order chi connectivity index (χ1) is 10.8. The van der Waals surface area contributed by atoms with Crippen LogP contribution in [-0.2, 0) is 14.8 Å². The molecule has 0 radical (unpaired) electrons. The van der Waals surface area contributed by atoms with E-state index in [1.54, 1.807) is 20.1 Å². The van der Waals surface area contributed by atoms with E-state index >= 15 is 0 Å². The van der Waals surface area contributed by atoms with Gasteiger partial charge in [-0.1, -0.05) is 12.1 Å². The minimum atomic E-state index is -4.01. The molecule has 0 saturated carbocycles. The number of nitro groups is 1. The van der Waals surface area contributed by atoms with E-state index in [9.17, 15) is 18.5 Å². The van der Waals surface area contributed by atoms with Gasteiger partial charge in [0.15, 0.2) is 4.90 Å². The van der Waals surface area contributed by atoms with Gasteiger partial charge in [-0.15, -0.1) is 0 Å². The molecule has 1 aromatic carbocycles. The van der Waals surface area contributed by atoms with Gasteiger partial charge in [0.05, 0.1) is 11.0 Å². The van der Waals surface area contributed by atoms with Gasteiger partial charge in [-0.05, 0) is 25.3 Å². The summed E-state index contributed by atoms with van der Waals surface area (Å²) in [5, 5.41) is 11.2. The van der Waals surface area contributed by atoms with Crippen LogP contribution in [0.5, 0.6) is 0 Å². The zero-order chi connectivity index (χ0) is 17.2. The van der Waals surface area contributed by atoms with E-state index in [1.165, 1.54) is 16.4 Å². The van der Waals surface area contributed by atoms with Crippen molar-refractivity contribution < 1.29 is 18.1 Å². The second-order valence-electron chi connectivity index (χ2n) is 5.57. The van der Waals surface area contributed by atoms with Gasteiger partial charge in [-0.2, -0.15) is 4.31 Å². The van der Waals surface area contributed by atoms with Crippen LogP contribution < -0.4 is 5.73 Å². The normalized spacial score (nSPS) is 22.9. The molecule has 9 heteroatoms. The van der Waals surface area contributed by atoms with Crippen molar-refractivity contribution in [3.63, 3.8) is 0 Å². The minimum Gasteiger partial charge on any atom is -0.381 e. The summed E-state index contributed by atoms with van der Waals surface area (Å²) in [6.07, 6.45) is 0.958. The van der Waals surface area contributed by atoms with Crippen molar-refractivity contribution in [2.75, 3.05) is 20.2 Å². The largest absolute Gasteiger partial charge is 0.381 e. The third-order valence-corrected chi connectivity index (χ3v) is 6.32. The van der Waals surface area contributed by atoms with Gasteiger partial charge in [-0.3, -0.25) is 10.1 Å². The summed E-state index contributed by atoms with van der Waals surface area (Å²) in [6.45, 7) is 1.92. The predicted molar refractivity (Wildman–Crippen MR) is 84.6 cm³/mol. The SMILES string of the molecule is COC1CCN(S(=O)(=O)c2c(C)cccc2[N+](=O)[O-])C(CN)C1. The van der Waals surface area contributed by atoms with E-state index in [2.05, 4.69) is 0 Å². The monoisotopic (exact) mass is 343 g/mol. The molecule has 1 heterocycles. The number of rotatable bonds is 5. The van der Waals surface area contributed by atoms with Crippen molar-refractivity contribution in [1.82, 2.24) is 4.31 Å². The highest BCUT2D eigenvalue weighted by Gasteiger charge is 2.40. The lowest BCUT2D eigenvalue weighted by atomic mass is 10.0. The van der Waals surface area contributed by atoms with Crippen LogP contribution in [0.2, 0.25) is 0 Å². The molecule has 1 aliphatic heterocycles. The van der Waals surface area contributed by atoms with E-state index < -0.39 is 26.7 Å². The number of nitro benzene ring substituents is 1. The van der Waals surface area contributed by atoms with Gasteiger partial charge < -0.3 is 10.5 Å². The standard InChI is InChI=1S/C14H21N3O5S/c1-10-4-3-5-13(17(18)19)14(10)23(20,21)16-7-6-12(22-2)8-11(16)9-15/h3-5,11-12H,6-9,15H2,1-2H3. The third-order valence-electron chi connectivity index (χ3n) is 4.17. The number of nitrogens with two attached hydrogens (primary N) is 1. The van der Waals surface area contributed by atoms with Gasteiger partial charge in [0.2, 0.25) is 10.0 Å². The summed E-state index contributed by atoms with van der Waals surface area (Å²) in [5.41, 5.74) is 5.67. The van der Waals surface area contributed by atoms with Gasteiger partial charge in [-0.25, -0.2) is 8.42 Å². The van der Waals surface area contributed by atoms with E-state index in [4.69, 9.17) is 10.5 Å². The van der Waals surface area contributed by atoms with Gasteiger partial charge in [0.25, 0.3) is 5.69 Å². The summed E-state index contributed by atoms with van der Waals surface area (Å²) in [5.74, 6) is 0. The van der Waals surface area contributed by atoms with Crippen LogP contribution in [0.4, 0.5) is 5.69 Å². The number of piperidine rings is 1. The fraction of sp³-hybridized carbons (Fsp3) is 0.571. The molecule has 0 aromatic heterocycles. The quantitative estimate of drug-likeness (QED) is 0.630. The van der Waals surface area contributed by atoms with Crippen molar-refractivity contribution in [2.45, 2.75) is 36.8 Å². The molecule has 1 aromatic rings. The average Bonchev–Trinajstić information content (AvgIpc) is 2.53. The number of hydrogen-bond acceptors (Lipinski definition) is 6. The molecule has 0 aliphatic carbocycles. The topological polar surface area (TPSA) is 116 Å². The fourth-order valence-electron chi connectivity index (χ4n) is 2.97. The zero-order valence-electron chi connectivity index (χ0n) is 13.1. The molecule has 2 rings (SSSR count). The Bertz CT molecular complexity index is 692. The Balaban J connectivity index is 2.49. The lowest BCUT2D eigenvalue weighted by Gasteiger charge is -2.37. The van der Waals surface area contributed by atoms with Crippen LogP contribution in [0.3, 0.4) is 0 Å². The van der Waals surface area contributed by atoms with Gasteiger partial charge in [0, 0.05) is 32.3 Å². The molecule has 2 N–H and O–H groups in total. The van der Waals surface area contributed by atoms with Crippen molar-refractivity contribution in [3.05, 3.63) is 33.9 Å². The van der Waals surface area contributed by atoms with Crippen molar-refractivity contribution in [1.29, 1.82) is 0 Å². The van der Waals surface area contributed by atoms with Crippen LogP contribution in [0.1, 0.15) is 18.4 Å². The van der Waals surface area contributed by atoms with E-state index in [1.807, 2.05) is 0 Å². The Morgan fingerprint density at radius 1 is 1.48 bits per heavy atom. The molecule has 1 saturated heterocycles. The lowest BCUT2D eigenvalue weighted by Crippen LogP contribution is -2.51. The molecule has 1 fully saturated rings. The smallest absolute Gasteiger partial charge is 0.289 e. The molecule has 23 heavy (non-hydrogen) atoms. The Morgan fingerprint density at radius 3 is 2.74 bits per heavy atom. The first-order valence-electron chi connectivity index (χ1n) is 7.31. The molecule has 2 atom stereocenters. The van der Waals surface area contributed by atoms with Crippen molar-refractivity contribution >= 4 is 15.7 Å². The number of aryl methyl sites for hydroxylation is 1. The predicted octanol–water partition coefficient (Wildman–Crippen LogP) is 1.03. The van der Waals surface area contributed by atoms with Crippen LogP contribution in [0.25, 0.3) is 0 Å². The van der Waals surface area contributed by atoms with E-state index in [-0.39, 0.29) is 24.1 Å². The maximum atomic E-state index is 13.0. The number of hydrogen-bond donors (Lipinski definition) is 1. The van der Waals surface area contributed by atoms with Crippen LogP contribution in [0.15, 0.2) is 23.1 Å². The number of methoxy groups -OCH3 is 1. The lowest BCUT2D eigenvalue weighted by molar-refractivity contribution is -0.387. The zero-order valence-corrected chi connectivity index (χ0v) is 14.0. The molecule has 0 amide bonds. The molecule has 0 spiro atoms. The molecule has 2 unspecified atom stereocenters. The molecule has 8 nitrogen and oxygen atoms in total. The number of benzene rings is 1.